The molecule has 37 heavy (non-hydrogen) atoms. The number of nitrogens with one attached hydrogen (secondary N) is 3. The van der Waals surface area contributed by atoms with Gasteiger partial charge in [0.05, 0.1) is 23.7 Å². The van der Waals surface area contributed by atoms with E-state index in [-0.39, 0.29) is 6.54 Å². The van der Waals surface area contributed by atoms with Gasteiger partial charge in [0.15, 0.2) is 0 Å². The van der Waals surface area contributed by atoms with Gasteiger partial charge < -0.3 is 4.98 Å². The van der Waals surface area contributed by atoms with Gasteiger partial charge in [0.1, 0.15) is 17.2 Å². The van der Waals surface area contributed by atoms with Crippen molar-refractivity contribution < 1.29 is 12.8 Å². The number of pyridine rings is 1. The number of halogens is 1. The molecule has 2 aromatic carbocycles. The van der Waals surface area contributed by atoms with Crippen molar-refractivity contribution in [3.05, 3.63) is 78.5 Å². The van der Waals surface area contributed by atoms with Gasteiger partial charge in [0.25, 0.3) is 0 Å². The highest BCUT2D eigenvalue weighted by Crippen LogP contribution is 2.35. The molecule has 0 saturated heterocycles. The van der Waals surface area contributed by atoms with Crippen molar-refractivity contribution >= 4 is 32.0 Å². The van der Waals surface area contributed by atoms with Crippen molar-refractivity contribution in [3.8, 4) is 33.6 Å². The SMILES string of the molecule is Cn1cc(-c2ccc3[nH]nc(-c4cc5c(-c6cc(F)cc(CNS(C)(=O)=O)c6)ccnc5[nH]4)c3c2)cn1. The van der Waals surface area contributed by atoms with Crippen molar-refractivity contribution in [1.29, 1.82) is 0 Å². The Balaban J connectivity index is 1.43. The molecule has 0 atom stereocenters. The molecule has 4 heterocycles. The third-order valence-corrected chi connectivity index (χ3v) is 6.86. The predicted molar refractivity (Wildman–Crippen MR) is 140 cm³/mol. The fraction of sp³-hybridized carbons (Fsp3) is 0.115. The van der Waals surface area contributed by atoms with Gasteiger partial charge in [-0.2, -0.15) is 10.2 Å². The van der Waals surface area contributed by atoms with Crippen LogP contribution >= 0.6 is 0 Å². The van der Waals surface area contributed by atoms with Gasteiger partial charge in [-0.1, -0.05) is 6.07 Å². The van der Waals surface area contributed by atoms with Crippen molar-refractivity contribution in [2.45, 2.75) is 6.54 Å². The van der Waals surface area contributed by atoms with Crippen molar-refractivity contribution in [1.82, 2.24) is 34.7 Å². The Hall–Kier alpha value is -4.35. The Morgan fingerprint density at radius 2 is 1.89 bits per heavy atom. The first-order valence-corrected chi connectivity index (χ1v) is 13.3. The minimum absolute atomic E-state index is 0.00522. The van der Waals surface area contributed by atoms with Crippen LogP contribution in [0.15, 0.2) is 67.1 Å². The lowest BCUT2D eigenvalue weighted by molar-refractivity contribution is 0.586. The molecule has 0 radical (unpaired) electrons. The smallest absolute Gasteiger partial charge is 0.209 e. The molecule has 0 spiro atoms. The highest BCUT2D eigenvalue weighted by atomic mass is 32.2. The number of hydrogen-bond donors (Lipinski definition) is 3. The van der Waals surface area contributed by atoms with Crippen molar-refractivity contribution in [3.63, 3.8) is 0 Å². The van der Waals surface area contributed by atoms with Crippen LogP contribution in [0, 0.1) is 5.82 Å². The number of rotatable bonds is 6. The van der Waals surface area contributed by atoms with Gasteiger partial charge >= 0.3 is 0 Å². The monoisotopic (exact) mass is 515 g/mol. The minimum atomic E-state index is -3.41. The summed E-state index contributed by atoms with van der Waals surface area (Å²) in [6.07, 6.45) is 6.50. The van der Waals surface area contributed by atoms with E-state index >= 15 is 0 Å². The van der Waals surface area contributed by atoms with Crippen LogP contribution in [0.3, 0.4) is 0 Å². The standard InChI is InChI=1S/C26H22FN7O2S/c1-34-14-18(13-29-34)16-3-4-23-22(10-16)25(33-32-23)24-11-21-20(5-6-28-26(21)31-24)17-7-15(8-19(27)9-17)12-30-37(2,35)36/h3-11,13-14,30H,12H2,1-2H3,(H,28,31)(H,32,33). The van der Waals surface area contributed by atoms with Crippen LogP contribution in [0.5, 0.6) is 0 Å². The van der Waals surface area contributed by atoms with E-state index in [1.807, 2.05) is 43.7 Å². The Morgan fingerprint density at radius 1 is 1.03 bits per heavy atom. The second kappa shape index (κ2) is 8.64. The van der Waals surface area contributed by atoms with Crippen LogP contribution in [0.1, 0.15) is 5.56 Å². The van der Waals surface area contributed by atoms with Crippen molar-refractivity contribution in [2.75, 3.05) is 6.26 Å². The molecular weight excluding hydrogens is 493 g/mol. The molecule has 6 rings (SSSR count). The topological polar surface area (TPSA) is 121 Å². The highest BCUT2D eigenvalue weighted by molar-refractivity contribution is 7.88. The number of aromatic amines is 2. The molecule has 0 aliphatic heterocycles. The maximum absolute atomic E-state index is 14.5. The average molecular weight is 516 g/mol. The number of fused-ring (bicyclic) bond motifs is 2. The number of nitrogens with zero attached hydrogens (tertiary/aromatic N) is 4. The maximum atomic E-state index is 14.5. The lowest BCUT2D eigenvalue weighted by Gasteiger charge is -2.08. The first kappa shape index (κ1) is 23.1. The van der Waals surface area contributed by atoms with E-state index in [1.165, 1.54) is 12.1 Å². The summed E-state index contributed by atoms with van der Waals surface area (Å²) in [6.45, 7) is -0.00522. The van der Waals surface area contributed by atoms with Gasteiger partial charge in [0, 0.05) is 42.3 Å². The Bertz CT molecular complexity index is 1900. The lowest BCUT2D eigenvalue weighted by atomic mass is 10.0. The predicted octanol–water partition coefficient (Wildman–Crippen LogP) is 4.36. The van der Waals surface area contributed by atoms with Crippen LogP contribution < -0.4 is 4.72 Å². The number of hydrogen-bond acceptors (Lipinski definition) is 5. The first-order valence-electron chi connectivity index (χ1n) is 11.4. The normalized spacial score (nSPS) is 12.1. The Labute approximate surface area is 211 Å². The summed E-state index contributed by atoms with van der Waals surface area (Å²) < 4.78 is 41.7. The lowest BCUT2D eigenvalue weighted by Crippen LogP contribution is -2.21. The van der Waals surface area contributed by atoms with E-state index in [0.717, 1.165) is 50.6 Å². The summed E-state index contributed by atoms with van der Waals surface area (Å²) in [5.41, 5.74) is 6.95. The second-order valence-corrected chi connectivity index (χ2v) is 10.8. The fourth-order valence-electron chi connectivity index (χ4n) is 4.50. The average Bonchev–Trinajstić information content (AvgIpc) is 3.58. The molecule has 0 bridgehead atoms. The molecule has 0 aliphatic rings. The number of benzene rings is 2. The van der Waals surface area contributed by atoms with Gasteiger partial charge in [-0.15, -0.1) is 0 Å². The molecule has 0 fully saturated rings. The third-order valence-electron chi connectivity index (χ3n) is 6.20. The molecule has 0 amide bonds. The number of sulfonamides is 1. The quantitative estimate of drug-likeness (QED) is 0.304. The van der Waals surface area contributed by atoms with Crippen LogP contribution in [0.4, 0.5) is 4.39 Å². The van der Waals surface area contributed by atoms with E-state index in [2.05, 4.69) is 36.1 Å². The molecule has 186 valence electrons. The Kier molecular flexibility index (Phi) is 5.39. The summed E-state index contributed by atoms with van der Waals surface area (Å²) in [5, 5.41) is 13.6. The summed E-state index contributed by atoms with van der Waals surface area (Å²) in [7, 11) is -1.53. The molecule has 9 nitrogen and oxygen atoms in total. The summed E-state index contributed by atoms with van der Waals surface area (Å²) >= 11 is 0. The number of aryl methyl sites for hydroxylation is 1. The first-order chi connectivity index (χ1) is 17.7. The summed E-state index contributed by atoms with van der Waals surface area (Å²) in [5.74, 6) is -0.454. The van der Waals surface area contributed by atoms with Gasteiger partial charge in [-0.3, -0.25) is 9.78 Å². The zero-order chi connectivity index (χ0) is 25.7. The molecular formula is C26H22FN7O2S. The molecule has 4 aromatic heterocycles. The number of aromatic nitrogens is 6. The van der Waals surface area contributed by atoms with Gasteiger partial charge in [-0.25, -0.2) is 22.5 Å². The van der Waals surface area contributed by atoms with Gasteiger partial charge in [0.2, 0.25) is 10.0 Å². The molecule has 3 N–H and O–H groups in total. The highest BCUT2D eigenvalue weighted by Gasteiger charge is 2.16. The molecule has 0 aliphatic carbocycles. The molecule has 11 heteroatoms. The van der Waals surface area contributed by atoms with E-state index < -0.39 is 15.8 Å². The molecule has 6 aromatic rings. The van der Waals surface area contributed by atoms with Crippen LogP contribution in [0.25, 0.3) is 55.6 Å². The zero-order valence-corrected chi connectivity index (χ0v) is 20.8. The largest absolute Gasteiger partial charge is 0.338 e. The summed E-state index contributed by atoms with van der Waals surface area (Å²) in [4.78, 5) is 7.81. The van der Waals surface area contributed by atoms with Crippen LogP contribution in [-0.2, 0) is 23.6 Å². The Morgan fingerprint density at radius 3 is 2.68 bits per heavy atom. The second-order valence-electron chi connectivity index (χ2n) is 8.98. The van der Waals surface area contributed by atoms with E-state index in [0.29, 0.717) is 16.8 Å². The minimum Gasteiger partial charge on any atom is -0.338 e. The number of H-pyrrole nitrogens is 2. The van der Waals surface area contributed by atoms with E-state index in [9.17, 15) is 12.8 Å². The van der Waals surface area contributed by atoms with E-state index in [4.69, 9.17) is 0 Å². The zero-order valence-electron chi connectivity index (χ0n) is 19.9. The van der Waals surface area contributed by atoms with Crippen LogP contribution in [-0.4, -0.2) is 44.6 Å². The maximum Gasteiger partial charge on any atom is 0.209 e. The molecule has 0 saturated carbocycles. The van der Waals surface area contributed by atoms with Crippen LogP contribution in [0.2, 0.25) is 0 Å². The van der Waals surface area contributed by atoms with Crippen molar-refractivity contribution in [2.24, 2.45) is 7.05 Å². The fourth-order valence-corrected chi connectivity index (χ4v) is 4.93. The van der Waals surface area contributed by atoms with Gasteiger partial charge in [-0.05, 0) is 64.7 Å². The van der Waals surface area contributed by atoms with E-state index in [1.54, 1.807) is 16.9 Å². The summed E-state index contributed by atoms with van der Waals surface area (Å²) in [6, 6.07) is 14.3. The molecule has 0 unspecified atom stereocenters. The third kappa shape index (κ3) is 4.50.